The molecule has 0 fully saturated rings. The maximum atomic E-state index is 5.41. The van der Waals surface area contributed by atoms with Crippen molar-refractivity contribution in [2.45, 2.75) is 76.3 Å². The summed E-state index contributed by atoms with van der Waals surface area (Å²) >= 11 is 4.22. The number of unbranched alkanes of at least 4 members (excludes halogenated alkanes) is 8. The predicted molar refractivity (Wildman–Crippen MR) is 132 cm³/mol. The first-order chi connectivity index (χ1) is 14.5. The summed E-state index contributed by atoms with van der Waals surface area (Å²) in [5.74, 6) is 1.03. The average molecular weight is 488 g/mol. The van der Waals surface area contributed by atoms with E-state index in [2.05, 4.69) is 12.6 Å². The van der Waals surface area contributed by atoms with Crippen molar-refractivity contribution in [2.24, 2.45) is 5.73 Å². The number of thiol groups is 1. The van der Waals surface area contributed by atoms with Crippen molar-refractivity contribution >= 4 is 30.2 Å². The molecule has 10 heteroatoms. The molecule has 0 radical (unpaired) electrons. The molecule has 0 spiro atoms. The van der Waals surface area contributed by atoms with Crippen LogP contribution in [0.25, 0.3) is 0 Å². The Labute approximate surface area is 193 Å². The minimum absolute atomic E-state index is 0.644. The average Bonchev–Trinajstić information content (AvgIpc) is 2.80. The molecule has 0 saturated carbocycles. The van der Waals surface area contributed by atoms with E-state index in [0.717, 1.165) is 30.7 Å². The highest BCUT2D eigenvalue weighted by molar-refractivity contribution is 7.80. The van der Waals surface area contributed by atoms with E-state index in [4.69, 9.17) is 32.3 Å². The molecule has 0 rings (SSSR count). The van der Waals surface area contributed by atoms with Crippen LogP contribution >= 0.6 is 12.6 Å². The lowest BCUT2D eigenvalue weighted by molar-refractivity contribution is 0.122. The first kappa shape index (κ1) is 32.7. The minimum atomic E-state index is -2.32. The van der Waals surface area contributed by atoms with Gasteiger partial charge in [-0.2, -0.15) is 12.6 Å². The van der Waals surface area contributed by atoms with E-state index < -0.39 is 17.6 Å². The molecule has 0 saturated heterocycles. The van der Waals surface area contributed by atoms with E-state index in [1.807, 2.05) is 0 Å². The molecular weight excluding hydrogens is 438 g/mol. The third-order valence-corrected chi connectivity index (χ3v) is 11.2. The monoisotopic (exact) mass is 487 g/mol. The number of hydrogen-bond donors (Lipinski definition) is 2. The van der Waals surface area contributed by atoms with Crippen molar-refractivity contribution in [3.8, 4) is 0 Å². The van der Waals surface area contributed by atoms with Crippen molar-refractivity contribution in [1.29, 1.82) is 0 Å². The van der Waals surface area contributed by atoms with Crippen LogP contribution in [0.15, 0.2) is 0 Å². The van der Waals surface area contributed by atoms with E-state index in [-0.39, 0.29) is 0 Å². The summed E-state index contributed by atoms with van der Waals surface area (Å²) in [5, 5.41) is 0. The molecule has 2 N–H and O–H groups in total. The van der Waals surface area contributed by atoms with Crippen LogP contribution < -0.4 is 5.73 Å². The molecule has 30 heavy (non-hydrogen) atoms. The predicted octanol–water partition coefficient (Wildman–Crippen LogP) is 4.52. The first-order valence-electron chi connectivity index (χ1n) is 11.1. The molecule has 0 atom stereocenters. The summed E-state index contributed by atoms with van der Waals surface area (Å²) < 4.78 is 31.8. The summed E-state index contributed by atoms with van der Waals surface area (Å²) in [6, 6.07) is 1.71. The van der Waals surface area contributed by atoms with Gasteiger partial charge in [-0.1, -0.05) is 44.9 Å². The standard InChI is InChI=1S/C14H32O3SSi.C6H17NO3Si/c1-15-19(16-2,17-3)14-12-10-8-6-4-5-7-9-11-13-18;1-8-11(9-2,10-3)6-4-5-7/h18H,4-14H2,1-3H3;4-7H2,1-3H3. The third-order valence-electron chi connectivity index (χ3n) is 5.19. The Kier molecular flexibility index (Phi) is 24.7. The SMILES string of the molecule is CO[Si](CCCCCCCCCCCS)(OC)OC.CO[Si](CCCN)(OC)OC. The minimum Gasteiger partial charge on any atom is -0.377 e. The van der Waals surface area contributed by atoms with Crippen LogP contribution in [-0.4, -0.2) is 72.6 Å². The van der Waals surface area contributed by atoms with Gasteiger partial charge in [0, 0.05) is 54.7 Å². The number of hydrogen-bond acceptors (Lipinski definition) is 8. The van der Waals surface area contributed by atoms with Crippen LogP contribution in [0.4, 0.5) is 0 Å². The van der Waals surface area contributed by atoms with Crippen LogP contribution in [0.3, 0.4) is 0 Å². The summed E-state index contributed by atoms with van der Waals surface area (Å²) in [5.41, 5.74) is 5.36. The fraction of sp³-hybridized carbons (Fsp3) is 1.00. The Bertz CT molecular complexity index is 335. The fourth-order valence-corrected chi connectivity index (χ4v) is 6.89. The Morgan fingerprint density at radius 1 is 0.500 bits per heavy atom. The van der Waals surface area contributed by atoms with Gasteiger partial charge in [0.1, 0.15) is 0 Å². The zero-order valence-electron chi connectivity index (χ0n) is 20.4. The molecule has 0 aliphatic rings. The van der Waals surface area contributed by atoms with E-state index >= 15 is 0 Å². The number of nitrogens with two attached hydrogens (primary N) is 1. The van der Waals surface area contributed by atoms with Gasteiger partial charge in [-0.05, 0) is 31.6 Å². The van der Waals surface area contributed by atoms with Crippen LogP contribution in [0.5, 0.6) is 0 Å². The van der Waals surface area contributed by atoms with Crippen molar-refractivity contribution in [3.05, 3.63) is 0 Å². The first-order valence-corrected chi connectivity index (χ1v) is 15.6. The second-order valence-corrected chi connectivity index (χ2v) is 13.8. The molecule has 0 aromatic carbocycles. The van der Waals surface area contributed by atoms with Crippen LogP contribution in [-0.2, 0) is 26.6 Å². The molecule has 0 aliphatic carbocycles. The second kappa shape index (κ2) is 22.7. The maximum Gasteiger partial charge on any atom is 0.500 e. The molecule has 0 aromatic heterocycles. The summed E-state index contributed by atoms with van der Waals surface area (Å²) in [4.78, 5) is 0. The molecule has 0 aliphatic heterocycles. The van der Waals surface area contributed by atoms with E-state index in [1.165, 1.54) is 51.4 Å². The van der Waals surface area contributed by atoms with E-state index in [9.17, 15) is 0 Å². The zero-order valence-corrected chi connectivity index (χ0v) is 23.3. The van der Waals surface area contributed by atoms with Crippen LogP contribution in [0, 0.1) is 0 Å². The summed E-state index contributed by atoms with van der Waals surface area (Å²) in [6.07, 6.45) is 12.7. The highest BCUT2D eigenvalue weighted by Gasteiger charge is 2.37. The summed E-state index contributed by atoms with van der Waals surface area (Å²) in [6.45, 7) is 0.644. The molecular formula is C20H49NO6SSi2. The lowest BCUT2D eigenvalue weighted by Gasteiger charge is -2.24. The van der Waals surface area contributed by atoms with Crippen molar-refractivity contribution in [1.82, 2.24) is 0 Å². The number of rotatable bonds is 20. The van der Waals surface area contributed by atoms with Gasteiger partial charge in [0.2, 0.25) is 0 Å². The van der Waals surface area contributed by atoms with Gasteiger partial charge in [-0.25, -0.2) is 0 Å². The van der Waals surface area contributed by atoms with Gasteiger partial charge in [0.05, 0.1) is 0 Å². The van der Waals surface area contributed by atoms with Crippen LogP contribution in [0.1, 0.15) is 64.2 Å². The molecule has 184 valence electrons. The Morgan fingerprint density at radius 3 is 1.10 bits per heavy atom. The molecule has 0 heterocycles. The largest absolute Gasteiger partial charge is 0.500 e. The quantitative estimate of drug-likeness (QED) is 0.148. The molecule has 7 nitrogen and oxygen atoms in total. The van der Waals surface area contributed by atoms with Crippen molar-refractivity contribution in [2.75, 3.05) is 55.0 Å². The van der Waals surface area contributed by atoms with Gasteiger partial charge >= 0.3 is 17.6 Å². The molecule has 0 aromatic rings. The summed E-state index contributed by atoms with van der Waals surface area (Å²) in [7, 11) is 5.24. The molecule has 0 amide bonds. The fourth-order valence-electron chi connectivity index (χ4n) is 3.12. The van der Waals surface area contributed by atoms with Gasteiger partial charge < -0.3 is 32.3 Å². The molecule has 0 unspecified atom stereocenters. The Hall–Kier alpha value is 0.504. The van der Waals surface area contributed by atoms with E-state index in [1.54, 1.807) is 42.7 Å². The van der Waals surface area contributed by atoms with E-state index in [0.29, 0.717) is 6.54 Å². The normalized spacial score (nSPS) is 12.0. The van der Waals surface area contributed by atoms with Gasteiger partial charge in [-0.3, -0.25) is 0 Å². The second-order valence-electron chi connectivity index (χ2n) is 7.14. The Balaban J connectivity index is 0. The highest BCUT2D eigenvalue weighted by Crippen LogP contribution is 2.18. The molecule has 0 bridgehead atoms. The topological polar surface area (TPSA) is 81.4 Å². The Morgan fingerprint density at radius 2 is 0.800 bits per heavy atom. The van der Waals surface area contributed by atoms with Crippen molar-refractivity contribution < 1.29 is 26.6 Å². The van der Waals surface area contributed by atoms with Gasteiger partial charge in [0.15, 0.2) is 0 Å². The van der Waals surface area contributed by atoms with Gasteiger partial charge in [-0.15, -0.1) is 0 Å². The smallest absolute Gasteiger partial charge is 0.377 e. The maximum absolute atomic E-state index is 5.41. The third kappa shape index (κ3) is 16.2. The van der Waals surface area contributed by atoms with Gasteiger partial charge in [0.25, 0.3) is 0 Å². The van der Waals surface area contributed by atoms with Crippen LogP contribution in [0.2, 0.25) is 12.1 Å². The van der Waals surface area contributed by atoms with Crippen molar-refractivity contribution in [3.63, 3.8) is 0 Å². The lowest BCUT2D eigenvalue weighted by atomic mass is 10.1. The zero-order chi connectivity index (χ0) is 23.1. The highest BCUT2D eigenvalue weighted by atomic mass is 32.1. The lowest BCUT2D eigenvalue weighted by Crippen LogP contribution is -2.42.